The minimum absolute atomic E-state index is 0.171. The standard InChI is InChI=1S/C27H34ClFN4/c1-19-15-22(28)16-32-25(19)17-33(14-6-7-20(2)30)18-26-24(8-5-13-31-26)27(3,4)21-9-11-23(29)12-10-21/h5,8-13,15-16,20H,6-7,14,17-18,30H2,1-4H3. The normalized spacial score (nSPS) is 12.8. The lowest BCUT2D eigenvalue weighted by atomic mass is 9.77. The van der Waals surface area contributed by atoms with Gasteiger partial charge >= 0.3 is 0 Å². The first kappa shape index (κ1) is 25.3. The molecular formula is C27H34ClFN4. The topological polar surface area (TPSA) is 55.0 Å². The first-order valence-corrected chi connectivity index (χ1v) is 11.8. The number of nitrogens with zero attached hydrogens (tertiary/aromatic N) is 3. The zero-order valence-electron chi connectivity index (χ0n) is 20.0. The summed E-state index contributed by atoms with van der Waals surface area (Å²) in [4.78, 5) is 11.7. The van der Waals surface area contributed by atoms with Crippen molar-refractivity contribution in [2.75, 3.05) is 6.54 Å². The van der Waals surface area contributed by atoms with Crippen molar-refractivity contribution in [1.82, 2.24) is 14.9 Å². The Hall–Kier alpha value is -2.34. The Morgan fingerprint density at radius 3 is 2.45 bits per heavy atom. The van der Waals surface area contributed by atoms with Crippen molar-refractivity contribution in [3.63, 3.8) is 0 Å². The van der Waals surface area contributed by atoms with E-state index < -0.39 is 0 Å². The predicted molar refractivity (Wildman–Crippen MR) is 134 cm³/mol. The van der Waals surface area contributed by atoms with Gasteiger partial charge in [-0.05, 0) is 74.2 Å². The van der Waals surface area contributed by atoms with Gasteiger partial charge in [0.05, 0.1) is 16.4 Å². The molecule has 6 heteroatoms. The van der Waals surface area contributed by atoms with Crippen molar-refractivity contribution in [3.8, 4) is 0 Å². The van der Waals surface area contributed by atoms with Crippen molar-refractivity contribution < 1.29 is 4.39 Å². The summed E-state index contributed by atoms with van der Waals surface area (Å²) < 4.78 is 13.5. The van der Waals surface area contributed by atoms with Crippen LogP contribution in [0.4, 0.5) is 4.39 Å². The van der Waals surface area contributed by atoms with E-state index in [0.29, 0.717) is 18.1 Å². The predicted octanol–water partition coefficient (Wildman–Crippen LogP) is 6.03. The highest BCUT2D eigenvalue weighted by atomic mass is 35.5. The number of pyridine rings is 2. The van der Waals surface area contributed by atoms with Crippen molar-refractivity contribution >= 4 is 11.6 Å². The first-order valence-electron chi connectivity index (χ1n) is 11.5. The second kappa shape index (κ2) is 11.2. The summed E-state index contributed by atoms with van der Waals surface area (Å²) in [6, 6.07) is 13.0. The van der Waals surface area contributed by atoms with Gasteiger partial charge < -0.3 is 5.73 Å². The van der Waals surface area contributed by atoms with E-state index in [0.717, 1.165) is 47.5 Å². The van der Waals surface area contributed by atoms with Crippen LogP contribution < -0.4 is 5.73 Å². The molecule has 0 aliphatic rings. The Labute approximate surface area is 202 Å². The number of halogens is 2. The maximum atomic E-state index is 13.5. The first-order chi connectivity index (χ1) is 15.7. The molecule has 1 atom stereocenters. The largest absolute Gasteiger partial charge is 0.328 e. The van der Waals surface area contributed by atoms with E-state index in [1.54, 1.807) is 6.20 Å². The fourth-order valence-electron chi connectivity index (χ4n) is 4.16. The molecule has 4 nitrogen and oxygen atoms in total. The number of aryl methyl sites for hydroxylation is 1. The fraction of sp³-hybridized carbons (Fsp3) is 0.407. The van der Waals surface area contributed by atoms with E-state index in [2.05, 4.69) is 29.8 Å². The molecule has 1 aromatic carbocycles. The maximum absolute atomic E-state index is 13.5. The third-order valence-corrected chi connectivity index (χ3v) is 6.37. The zero-order valence-corrected chi connectivity index (χ0v) is 20.7. The van der Waals surface area contributed by atoms with E-state index in [-0.39, 0.29) is 17.3 Å². The number of benzene rings is 1. The quantitative estimate of drug-likeness (QED) is 0.394. The van der Waals surface area contributed by atoms with Gasteiger partial charge in [-0.2, -0.15) is 0 Å². The van der Waals surface area contributed by atoms with Gasteiger partial charge in [0, 0.05) is 36.9 Å². The van der Waals surface area contributed by atoms with Crippen LogP contribution in [-0.4, -0.2) is 27.5 Å². The van der Waals surface area contributed by atoms with Crippen LogP contribution in [-0.2, 0) is 18.5 Å². The van der Waals surface area contributed by atoms with E-state index in [1.165, 1.54) is 12.1 Å². The van der Waals surface area contributed by atoms with Gasteiger partial charge in [0.1, 0.15) is 5.82 Å². The summed E-state index contributed by atoms with van der Waals surface area (Å²) in [5, 5.41) is 0.646. The highest BCUT2D eigenvalue weighted by molar-refractivity contribution is 6.30. The molecule has 2 aromatic heterocycles. The fourth-order valence-corrected chi connectivity index (χ4v) is 4.38. The van der Waals surface area contributed by atoms with Crippen LogP contribution in [0.15, 0.2) is 54.9 Å². The van der Waals surface area contributed by atoms with Crippen LogP contribution in [0.2, 0.25) is 5.02 Å². The van der Waals surface area contributed by atoms with Crippen LogP contribution in [0.1, 0.15) is 61.7 Å². The highest BCUT2D eigenvalue weighted by Gasteiger charge is 2.27. The molecular weight excluding hydrogens is 435 g/mol. The van der Waals surface area contributed by atoms with E-state index in [1.807, 2.05) is 44.3 Å². The summed E-state index contributed by atoms with van der Waals surface area (Å²) in [7, 11) is 0. The second-order valence-electron chi connectivity index (χ2n) is 9.38. The summed E-state index contributed by atoms with van der Waals surface area (Å²) in [6.45, 7) is 10.7. The van der Waals surface area contributed by atoms with Crippen LogP contribution in [0.3, 0.4) is 0 Å². The van der Waals surface area contributed by atoms with E-state index in [4.69, 9.17) is 22.3 Å². The molecule has 0 amide bonds. The lowest BCUT2D eigenvalue weighted by molar-refractivity contribution is 0.241. The second-order valence-corrected chi connectivity index (χ2v) is 9.81. The Kier molecular flexibility index (Phi) is 8.57. The number of aromatic nitrogens is 2. The molecule has 3 aromatic rings. The van der Waals surface area contributed by atoms with Gasteiger partial charge in [0.25, 0.3) is 0 Å². The third-order valence-electron chi connectivity index (χ3n) is 6.16. The van der Waals surface area contributed by atoms with E-state index >= 15 is 0 Å². The molecule has 0 bridgehead atoms. The van der Waals surface area contributed by atoms with Crippen molar-refractivity contribution in [1.29, 1.82) is 0 Å². The smallest absolute Gasteiger partial charge is 0.123 e. The molecule has 0 fully saturated rings. The molecule has 2 heterocycles. The monoisotopic (exact) mass is 468 g/mol. The molecule has 2 N–H and O–H groups in total. The molecule has 0 saturated carbocycles. The van der Waals surface area contributed by atoms with Gasteiger partial charge in [0.2, 0.25) is 0 Å². The zero-order chi connectivity index (χ0) is 24.0. The SMILES string of the molecule is Cc1cc(Cl)cnc1CN(CCCC(C)N)Cc1ncccc1C(C)(C)c1ccc(F)cc1. The van der Waals surface area contributed by atoms with Crippen LogP contribution in [0.5, 0.6) is 0 Å². The van der Waals surface area contributed by atoms with E-state index in [9.17, 15) is 4.39 Å². The van der Waals surface area contributed by atoms with Gasteiger partial charge in [-0.25, -0.2) is 4.39 Å². The molecule has 0 radical (unpaired) electrons. The van der Waals surface area contributed by atoms with Gasteiger partial charge in [-0.1, -0.05) is 43.6 Å². The van der Waals surface area contributed by atoms with Crippen LogP contribution in [0, 0.1) is 12.7 Å². The van der Waals surface area contributed by atoms with Gasteiger partial charge in [-0.3, -0.25) is 14.9 Å². The number of hydrogen-bond acceptors (Lipinski definition) is 4. The molecule has 3 rings (SSSR count). The minimum atomic E-state index is -0.316. The molecule has 0 spiro atoms. The Morgan fingerprint density at radius 2 is 1.79 bits per heavy atom. The average Bonchev–Trinajstić information content (AvgIpc) is 2.76. The van der Waals surface area contributed by atoms with Crippen molar-refractivity contribution in [2.45, 2.75) is 65.1 Å². The van der Waals surface area contributed by atoms with Crippen molar-refractivity contribution in [3.05, 3.63) is 93.8 Å². The maximum Gasteiger partial charge on any atom is 0.123 e. The molecule has 176 valence electrons. The molecule has 0 saturated heterocycles. The summed E-state index contributed by atoms with van der Waals surface area (Å²) in [5.74, 6) is -0.230. The molecule has 1 unspecified atom stereocenters. The van der Waals surface area contributed by atoms with Gasteiger partial charge in [-0.15, -0.1) is 0 Å². The number of rotatable bonds is 10. The van der Waals surface area contributed by atoms with Crippen molar-refractivity contribution in [2.24, 2.45) is 5.73 Å². The molecule has 0 aliphatic carbocycles. The molecule has 33 heavy (non-hydrogen) atoms. The lowest BCUT2D eigenvalue weighted by Gasteiger charge is -2.30. The van der Waals surface area contributed by atoms with Crippen LogP contribution >= 0.6 is 11.6 Å². The van der Waals surface area contributed by atoms with Crippen LogP contribution in [0.25, 0.3) is 0 Å². The average molecular weight is 469 g/mol. The number of hydrogen-bond donors (Lipinski definition) is 1. The Balaban J connectivity index is 1.89. The lowest BCUT2D eigenvalue weighted by Crippen LogP contribution is -2.29. The number of nitrogens with two attached hydrogens (primary N) is 1. The van der Waals surface area contributed by atoms with Gasteiger partial charge in [0.15, 0.2) is 0 Å². The summed E-state index contributed by atoms with van der Waals surface area (Å²) in [6.07, 6.45) is 5.49. The highest BCUT2D eigenvalue weighted by Crippen LogP contribution is 2.33. The summed E-state index contributed by atoms with van der Waals surface area (Å²) in [5.41, 5.74) is 11.0. The minimum Gasteiger partial charge on any atom is -0.328 e. The summed E-state index contributed by atoms with van der Waals surface area (Å²) >= 11 is 6.12. The third kappa shape index (κ3) is 6.83. The molecule has 0 aliphatic heterocycles. The Bertz CT molecular complexity index is 1050. The Morgan fingerprint density at radius 1 is 1.09 bits per heavy atom.